The Morgan fingerprint density at radius 3 is 2.18 bits per heavy atom. The number of aromatic nitrogens is 1. The van der Waals surface area contributed by atoms with E-state index in [2.05, 4.69) is 175 Å². The first-order valence-corrected chi connectivity index (χ1v) is 19.1. The molecule has 1 unspecified atom stereocenters. The molecule has 260 valence electrons. The predicted molar refractivity (Wildman–Crippen MR) is 228 cm³/mol. The molecule has 0 saturated carbocycles. The van der Waals surface area contributed by atoms with E-state index in [-0.39, 0.29) is 11.6 Å². The van der Waals surface area contributed by atoms with Crippen molar-refractivity contribution in [3.05, 3.63) is 186 Å². The van der Waals surface area contributed by atoms with E-state index in [4.69, 9.17) is 9.41 Å². The summed E-state index contributed by atoms with van der Waals surface area (Å²) in [5.74, 6) is 0.890. The molecule has 0 bridgehead atoms. The summed E-state index contributed by atoms with van der Waals surface area (Å²) in [4.78, 5) is 5.71. The van der Waals surface area contributed by atoms with Crippen molar-refractivity contribution in [3.63, 3.8) is 0 Å². The maximum Gasteiger partial charge on any atom is 0.155 e. The van der Waals surface area contributed by atoms with Crippen LogP contribution in [0.5, 0.6) is 0 Å². The second kappa shape index (κ2) is 11.1. The summed E-state index contributed by atoms with van der Waals surface area (Å²) >= 11 is 0. The fourth-order valence-corrected chi connectivity index (χ4v) is 9.64. The maximum absolute atomic E-state index is 6.19. The number of nitrogens with zero attached hydrogens (tertiary/aromatic N) is 2. The van der Waals surface area contributed by atoms with Gasteiger partial charge in [0.05, 0.1) is 11.0 Å². The van der Waals surface area contributed by atoms with Crippen LogP contribution in [0.4, 0.5) is 5.69 Å². The van der Waals surface area contributed by atoms with Gasteiger partial charge in [-0.2, -0.15) is 0 Å². The van der Waals surface area contributed by atoms with Gasteiger partial charge in [0.25, 0.3) is 0 Å². The zero-order chi connectivity index (χ0) is 36.4. The molecule has 4 nitrogen and oxygen atoms in total. The lowest BCUT2D eigenvalue weighted by atomic mass is 9.82. The molecule has 10 aromatic rings. The highest BCUT2D eigenvalue weighted by atomic mass is 16.3. The summed E-state index contributed by atoms with van der Waals surface area (Å²) in [5, 5.41) is 11.0. The molecular weight excluding hydrogens is 671 g/mol. The number of anilines is 1. The van der Waals surface area contributed by atoms with Gasteiger partial charge in [0.1, 0.15) is 17.0 Å². The molecule has 1 aliphatic carbocycles. The summed E-state index contributed by atoms with van der Waals surface area (Å²) in [6.07, 6.45) is -0.298. The SMILES string of the molecule is CC1(C)c2ccccc2-c2c(C3=NC(n4c5ccc(-c6ccc7oc8ccccc8c7c6)cc5c5c6ccccc6ccc54)c4ccccc4N3)cccc21. The Morgan fingerprint density at radius 2 is 1.25 bits per heavy atom. The molecule has 0 saturated heterocycles. The van der Waals surface area contributed by atoms with Crippen LogP contribution in [0.15, 0.2) is 173 Å². The quantitative estimate of drug-likeness (QED) is 0.199. The monoisotopic (exact) mass is 705 g/mol. The second-order valence-corrected chi connectivity index (χ2v) is 15.6. The van der Waals surface area contributed by atoms with Crippen molar-refractivity contribution in [2.45, 2.75) is 25.4 Å². The van der Waals surface area contributed by atoms with E-state index in [1.807, 2.05) is 12.1 Å². The van der Waals surface area contributed by atoms with E-state index in [1.165, 1.54) is 49.4 Å². The Bertz CT molecular complexity index is 3290. The van der Waals surface area contributed by atoms with Gasteiger partial charge in [-0.05, 0) is 86.6 Å². The molecule has 1 atom stereocenters. The lowest BCUT2D eigenvalue weighted by Crippen LogP contribution is -2.25. The van der Waals surface area contributed by atoms with Crippen LogP contribution in [0.1, 0.15) is 42.3 Å². The highest BCUT2D eigenvalue weighted by Crippen LogP contribution is 2.51. The first kappa shape index (κ1) is 30.5. The van der Waals surface area contributed by atoms with Crippen LogP contribution in [-0.4, -0.2) is 10.4 Å². The van der Waals surface area contributed by atoms with Crippen LogP contribution in [0.2, 0.25) is 0 Å². The summed E-state index contributed by atoms with van der Waals surface area (Å²) < 4.78 is 8.66. The van der Waals surface area contributed by atoms with Crippen LogP contribution >= 0.6 is 0 Å². The number of hydrogen-bond acceptors (Lipinski definition) is 3. The van der Waals surface area contributed by atoms with Gasteiger partial charge in [0.15, 0.2) is 6.17 Å². The Labute approximate surface area is 318 Å². The molecule has 0 fully saturated rings. The Kier molecular flexibility index (Phi) is 6.14. The first-order valence-electron chi connectivity index (χ1n) is 19.1. The topological polar surface area (TPSA) is 42.5 Å². The van der Waals surface area contributed by atoms with Gasteiger partial charge in [-0.3, -0.25) is 0 Å². The lowest BCUT2D eigenvalue weighted by Gasteiger charge is -2.29. The molecule has 3 heterocycles. The van der Waals surface area contributed by atoms with Crippen molar-refractivity contribution < 1.29 is 4.42 Å². The minimum absolute atomic E-state index is 0.102. The van der Waals surface area contributed by atoms with E-state index in [9.17, 15) is 0 Å². The summed E-state index contributed by atoms with van der Waals surface area (Å²) in [6, 6.07) is 59.3. The molecule has 2 aliphatic rings. The van der Waals surface area contributed by atoms with Gasteiger partial charge in [-0.15, -0.1) is 0 Å². The van der Waals surface area contributed by atoms with Gasteiger partial charge >= 0.3 is 0 Å². The van der Waals surface area contributed by atoms with Gasteiger partial charge < -0.3 is 14.3 Å². The molecule has 2 aromatic heterocycles. The average molecular weight is 706 g/mol. The van der Waals surface area contributed by atoms with Crippen LogP contribution in [0.3, 0.4) is 0 Å². The fourth-order valence-electron chi connectivity index (χ4n) is 9.64. The highest BCUT2D eigenvalue weighted by Gasteiger charge is 2.38. The van der Waals surface area contributed by atoms with E-state index in [1.54, 1.807) is 0 Å². The number of nitrogens with one attached hydrogen (secondary N) is 1. The van der Waals surface area contributed by atoms with Gasteiger partial charge in [0.2, 0.25) is 0 Å². The predicted octanol–water partition coefficient (Wildman–Crippen LogP) is 13.2. The van der Waals surface area contributed by atoms with Crippen molar-refractivity contribution in [1.82, 2.24) is 4.57 Å². The van der Waals surface area contributed by atoms with Crippen molar-refractivity contribution in [3.8, 4) is 22.3 Å². The molecule has 0 spiro atoms. The smallest absolute Gasteiger partial charge is 0.155 e. The minimum Gasteiger partial charge on any atom is -0.456 e. The second-order valence-electron chi connectivity index (χ2n) is 15.6. The zero-order valence-electron chi connectivity index (χ0n) is 30.5. The highest BCUT2D eigenvalue weighted by molar-refractivity contribution is 6.22. The first-order chi connectivity index (χ1) is 27.0. The molecule has 0 amide bonds. The number of aliphatic imine (C=N–C) groups is 1. The summed E-state index contributed by atoms with van der Waals surface area (Å²) in [7, 11) is 0. The third-order valence-electron chi connectivity index (χ3n) is 12.3. The molecule has 8 aromatic carbocycles. The molecule has 0 radical (unpaired) electrons. The number of para-hydroxylation sites is 2. The van der Waals surface area contributed by atoms with Gasteiger partial charge in [-0.1, -0.05) is 135 Å². The average Bonchev–Trinajstić information content (AvgIpc) is 3.85. The van der Waals surface area contributed by atoms with Crippen LogP contribution in [-0.2, 0) is 5.41 Å². The van der Waals surface area contributed by atoms with E-state index < -0.39 is 0 Å². The van der Waals surface area contributed by atoms with Crippen molar-refractivity contribution in [2.24, 2.45) is 4.99 Å². The molecular formula is C51H35N3O. The zero-order valence-corrected chi connectivity index (χ0v) is 30.5. The Balaban J connectivity index is 1.11. The Hall–Kier alpha value is -6.91. The van der Waals surface area contributed by atoms with Crippen LogP contribution < -0.4 is 5.32 Å². The standard InChI is InChI=1S/C51H35N3O/c1-51(2)40-18-8-5-15-35(40)47-37(17-11-19-41(47)51)49-52-42-20-9-6-16-36(42)50(53-49)54-43-25-23-31(29-39(43)48-33-13-4-3-12-30(33)22-26-44(48)54)32-24-27-46-38(28-32)34-14-7-10-21-45(34)55-46/h3-29,50H,1-2H3,(H,52,53). The molecule has 12 rings (SSSR count). The van der Waals surface area contributed by atoms with Crippen LogP contribution in [0, 0.1) is 0 Å². The van der Waals surface area contributed by atoms with E-state index in [0.717, 1.165) is 61.2 Å². The largest absolute Gasteiger partial charge is 0.456 e. The fraction of sp³-hybridized carbons (Fsp3) is 0.0784. The number of rotatable bonds is 3. The third-order valence-corrected chi connectivity index (χ3v) is 12.3. The van der Waals surface area contributed by atoms with E-state index >= 15 is 0 Å². The van der Waals surface area contributed by atoms with Crippen LogP contribution in [0.25, 0.3) is 76.8 Å². The maximum atomic E-state index is 6.19. The van der Waals surface area contributed by atoms with Crippen molar-refractivity contribution in [1.29, 1.82) is 0 Å². The van der Waals surface area contributed by atoms with Crippen molar-refractivity contribution in [2.75, 3.05) is 5.32 Å². The van der Waals surface area contributed by atoms with Gasteiger partial charge in [-0.25, -0.2) is 4.99 Å². The summed E-state index contributed by atoms with van der Waals surface area (Å²) in [5.41, 5.74) is 15.0. The van der Waals surface area contributed by atoms with E-state index in [0.29, 0.717) is 0 Å². The number of benzene rings is 8. The normalized spacial score (nSPS) is 15.7. The van der Waals surface area contributed by atoms with Crippen molar-refractivity contribution >= 4 is 66.0 Å². The number of hydrogen-bond donors (Lipinski definition) is 1. The number of amidine groups is 1. The summed E-state index contributed by atoms with van der Waals surface area (Å²) in [6.45, 7) is 4.67. The minimum atomic E-state index is -0.298. The van der Waals surface area contributed by atoms with Gasteiger partial charge in [0, 0.05) is 43.8 Å². The molecule has 1 N–H and O–H groups in total. The third kappa shape index (κ3) is 4.25. The molecule has 55 heavy (non-hydrogen) atoms. The number of fused-ring (bicyclic) bond motifs is 12. The lowest BCUT2D eigenvalue weighted by molar-refractivity contribution is 0.651. The Morgan fingerprint density at radius 1 is 0.564 bits per heavy atom. The molecule has 4 heteroatoms. The molecule has 1 aliphatic heterocycles. The number of furan rings is 1.